The van der Waals surface area contributed by atoms with E-state index in [2.05, 4.69) is 15.5 Å². The van der Waals surface area contributed by atoms with Gasteiger partial charge in [-0.05, 0) is 46.5 Å². The molecule has 1 amide bonds. The summed E-state index contributed by atoms with van der Waals surface area (Å²) in [4.78, 5) is 16.8. The van der Waals surface area contributed by atoms with E-state index in [1.54, 1.807) is 19.4 Å². The average Bonchev–Trinajstić information content (AvgIpc) is 3.21. The Morgan fingerprint density at radius 2 is 2.03 bits per heavy atom. The fourth-order valence-electron chi connectivity index (χ4n) is 3.75. The van der Waals surface area contributed by atoms with Gasteiger partial charge in [0.05, 0.1) is 19.0 Å². The summed E-state index contributed by atoms with van der Waals surface area (Å²) in [6.45, 7) is 5.56. The highest BCUT2D eigenvalue weighted by molar-refractivity contribution is 5.71. The zero-order valence-corrected chi connectivity index (χ0v) is 17.9. The number of ether oxygens (including phenoxy) is 3. The average molecular weight is 415 g/mol. The molecule has 0 aliphatic heterocycles. The molecule has 8 heteroatoms. The standard InChI is InChI=1S/C22H29N3O5/c1-22(2,3)29-21(26)24-14-7-8-15(11-14)28-18-12-16(13-5-6-13)25-20(27-4)19(18)17-9-10-23-30-17/h9-10,12-15H,5-8,11H2,1-4H3,(H,24,26)/t14-,15+/m0/s1. The number of nitrogens with one attached hydrogen (secondary N) is 1. The number of pyridine rings is 1. The smallest absolute Gasteiger partial charge is 0.407 e. The maximum atomic E-state index is 12.1. The Bertz CT molecular complexity index is 887. The number of carbonyl (C=O) groups excluding carboxylic acids is 1. The predicted molar refractivity (Wildman–Crippen MR) is 110 cm³/mol. The molecule has 2 heterocycles. The van der Waals surface area contributed by atoms with Crippen molar-refractivity contribution in [2.75, 3.05) is 7.11 Å². The normalized spacial score (nSPS) is 21.3. The van der Waals surface area contributed by atoms with Crippen LogP contribution >= 0.6 is 0 Å². The van der Waals surface area contributed by atoms with Gasteiger partial charge in [0.2, 0.25) is 5.88 Å². The van der Waals surface area contributed by atoms with Crippen LogP contribution < -0.4 is 14.8 Å². The quantitative estimate of drug-likeness (QED) is 0.745. The lowest BCUT2D eigenvalue weighted by atomic mass is 10.1. The first kappa shape index (κ1) is 20.5. The number of rotatable bonds is 6. The van der Waals surface area contributed by atoms with Gasteiger partial charge in [-0.25, -0.2) is 9.78 Å². The van der Waals surface area contributed by atoms with Crippen molar-refractivity contribution in [2.45, 2.75) is 76.5 Å². The van der Waals surface area contributed by atoms with Gasteiger partial charge in [0.15, 0.2) is 5.76 Å². The van der Waals surface area contributed by atoms with Crippen LogP contribution in [0.1, 0.15) is 64.5 Å². The molecular weight excluding hydrogens is 386 g/mol. The summed E-state index contributed by atoms with van der Waals surface area (Å²) in [5, 5.41) is 6.76. The second kappa shape index (κ2) is 8.16. The first-order valence-electron chi connectivity index (χ1n) is 10.5. The van der Waals surface area contributed by atoms with E-state index in [0.29, 0.717) is 35.3 Å². The first-order valence-corrected chi connectivity index (χ1v) is 10.5. The second-order valence-corrected chi connectivity index (χ2v) is 8.98. The third kappa shape index (κ3) is 4.86. The Morgan fingerprint density at radius 1 is 1.23 bits per heavy atom. The molecule has 2 atom stereocenters. The van der Waals surface area contributed by atoms with E-state index in [-0.39, 0.29) is 12.1 Å². The van der Waals surface area contributed by atoms with Crippen LogP contribution in [-0.2, 0) is 4.74 Å². The Labute approximate surface area is 176 Å². The highest BCUT2D eigenvalue weighted by atomic mass is 16.6. The van der Waals surface area contributed by atoms with Crippen molar-refractivity contribution in [3.8, 4) is 23.0 Å². The Hall–Kier alpha value is -2.77. The number of alkyl carbamates (subject to hydrolysis) is 1. The van der Waals surface area contributed by atoms with Gasteiger partial charge in [-0.3, -0.25) is 0 Å². The summed E-state index contributed by atoms with van der Waals surface area (Å²) in [5.74, 6) is 2.17. The molecule has 2 saturated carbocycles. The fraction of sp³-hybridized carbons (Fsp3) is 0.591. The maximum absolute atomic E-state index is 12.1. The van der Waals surface area contributed by atoms with Crippen LogP contribution in [0.2, 0.25) is 0 Å². The van der Waals surface area contributed by atoms with E-state index in [4.69, 9.17) is 18.7 Å². The van der Waals surface area contributed by atoms with E-state index in [1.807, 2.05) is 26.8 Å². The van der Waals surface area contributed by atoms with E-state index in [1.165, 1.54) is 0 Å². The van der Waals surface area contributed by atoms with Crippen LogP contribution in [0.15, 0.2) is 22.9 Å². The molecule has 4 rings (SSSR count). The van der Waals surface area contributed by atoms with Gasteiger partial charge in [-0.15, -0.1) is 0 Å². The van der Waals surface area contributed by atoms with Crippen molar-refractivity contribution in [1.82, 2.24) is 15.5 Å². The third-order valence-electron chi connectivity index (χ3n) is 5.24. The van der Waals surface area contributed by atoms with Gasteiger partial charge < -0.3 is 24.1 Å². The van der Waals surface area contributed by atoms with E-state index in [0.717, 1.165) is 31.4 Å². The SMILES string of the molecule is COc1nc(C2CC2)cc(O[C@@H]2CC[C@H](NC(=O)OC(C)(C)C)C2)c1-c1ccno1. The summed E-state index contributed by atoms with van der Waals surface area (Å²) < 4.78 is 22.7. The molecule has 2 aromatic rings. The number of amides is 1. The number of carbonyl (C=O) groups is 1. The predicted octanol–water partition coefficient (Wildman–Crippen LogP) is 4.45. The molecule has 0 unspecified atom stereocenters. The topological polar surface area (TPSA) is 95.7 Å². The van der Waals surface area contributed by atoms with Gasteiger partial charge in [-0.1, -0.05) is 5.16 Å². The molecule has 1 N–H and O–H groups in total. The van der Waals surface area contributed by atoms with Gasteiger partial charge in [-0.2, -0.15) is 0 Å². The number of aromatic nitrogens is 2. The Morgan fingerprint density at radius 3 is 2.67 bits per heavy atom. The lowest BCUT2D eigenvalue weighted by Crippen LogP contribution is -2.38. The summed E-state index contributed by atoms with van der Waals surface area (Å²) in [6, 6.07) is 3.78. The molecule has 162 valence electrons. The highest BCUT2D eigenvalue weighted by Crippen LogP contribution is 2.45. The van der Waals surface area contributed by atoms with Crippen LogP contribution in [0, 0.1) is 0 Å². The molecule has 0 spiro atoms. The van der Waals surface area contributed by atoms with Gasteiger partial charge >= 0.3 is 6.09 Å². The highest BCUT2D eigenvalue weighted by Gasteiger charge is 2.33. The van der Waals surface area contributed by atoms with Crippen molar-refractivity contribution in [2.24, 2.45) is 0 Å². The number of nitrogens with zero attached hydrogens (tertiary/aromatic N) is 2. The van der Waals surface area contributed by atoms with Crippen LogP contribution in [0.3, 0.4) is 0 Å². The van der Waals surface area contributed by atoms with E-state index >= 15 is 0 Å². The number of hydrogen-bond acceptors (Lipinski definition) is 7. The molecule has 0 bridgehead atoms. The van der Waals surface area contributed by atoms with Crippen molar-refractivity contribution in [1.29, 1.82) is 0 Å². The second-order valence-electron chi connectivity index (χ2n) is 8.98. The van der Waals surface area contributed by atoms with E-state index < -0.39 is 11.7 Å². The van der Waals surface area contributed by atoms with Gasteiger partial charge in [0.25, 0.3) is 0 Å². The zero-order valence-electron chi connectivity index (χ0n) is 17.9. The molecule has 8 nitrogen and oxygen atoms in total. The molecule has 0 radical (unpaired) electrons. The molecular formula is C22H29N3O5. The molecule has 30 heavy (non-hydrogen) atoms. The van der Waals surface area contributed by atoms with Crippen LogP contribution in [0.5, 0.6) is 11.6 Å². The van der Waals surface area contributed by atoms with Crippen molar-refractivity contribution in [3.05, 3.63) is 24.0 Å². The molecule has 0 saturated heterocycles. The Balaban J connectivity index is 1.50. The largest absolute Gasteiger partial charge is 0.489 e. The van der Waals surface area contributed by atoms with Crippen LogP contribution in [0.4, 0.5) is 4.79 Å². The number of hydrogen-bond donors (Lipinski definition) is 1. The fourth-order valence-corrected chi connectivity index (χ4v) is 3.75. The zero-order chi connectivity index (χ0) is 21.3. The van der Waals surface area contributed by atoms with Crippen LogP contribution in [0.25, 0.3) is 11.3 Å². The maximum Gasteiger partial charge on any atom is 0.407 e. The monoisotopic (exact) mass is 415 g/mol. The molecule has 2 aliphatic carbocycles. The lowest BCUT2D eigenvalue weighted by molar-refractivity contribution is 0.0503. The minimum Gasteiger partial charge on any atom is -0.489 e. The van der Waals surface area contributed by atoms with Crippen LogP contribution in [-0.4, -0.2) is 41.1 Å². The first-order chi connectivity index (χ1) is 14.3. The Kier molecular flexibility index (Phi) is 5.58. The van der Waals surface area contributed by atoms with E-state index in [9.17, 15) is 4.79 Å². The summed E-state index contributed by atoms with van der Waals surface area (Å²) in [6.07, 6.45) is 5.79. The van der Waals surface area contributed by atoms with Crippen molar-refractivity contribution < 1.29 is 23.5 Å². The van der Waals surface area contributed by atoms with Crippen molar-refractivity contribution >= 4 is 6.09 Å². The lowest BCUT2D eigenvalue weighted by Gasteiger charge is -2.22. The minimum absolute atomic E-state index is 0.0187. The third-order valence-corrected chi connectivity index (χ3v) is 5.24. The van der Waals surface area contributed by atoms with Crippen molar-refractivity contribution in [3.63, 3.8) is 0 Å². The minimum atomic E-state index is -0.516. The number of methoxy groups -OCH3 is 1. The molecule has 2 aromatic heterocycles. The summed E-state index contributed by atoms with van der Waals surface area (Å²) in [7, 11) is 1.60. The molecule has 2 aliphatic rings. The molecule has 0 aromatic carbocycles. The van der Waals surface area contributed by atoms with Gasteiger partial charge in [0.1, 0.15) is 23.0 Å². The van der Waals surface area contributed by atoms with Gasteiger partial charge in [0, 0.05) is 30.5 Å². The summed E-state index contributed by atoms with van der Waals surface area (Å²) in [5.41, 5.74) is 1.13. The molecule has 2 fully saturated rings. The summed E-state index contributed by atoms with van der Waals surface area (Å²) >= 11 is 0.